The monoisotopic (exact) mass is 329 g/mol. The minimum absolute atomic E-state index is 0.101. The van der Waals surface area contributed by atoms with E-state index < -0.39 is 0 Å². The van der Waals surface area contributed by atoms with Gasteiger partial charge in [0.15, 0.2) is 0 Å². The Labute approximate surface area is 141 Å². The first-order valence-corrected chi connectivity index (χ1v) is 9.00. The maximum atomic E-state index is 12.8. The molecule has 1 aliphatic heterocycles. The van der Waals surface area contributed by atoms with E-state index in [1.165, 1.54) is 0 Å². The molecule has 1 aromatic carbocycles. The van der Waals surface area contributed by atoms with Crippen molar-refractivity contribution in [1.29, 1.82) is 0 Å². The Morgan fingerprint density at radius 3 is 3.00 bits per heavy atom. The molecule has 1 aliphatic rings. The van der Waals surface area contributed by atoms with Gasteiger partial charge in [0.05, 0.1) is 10.7 Å². The van der Waals surface area contributed by atoms with Crippen LogP contribution in [0.25, 0.3) is 11.3 Å². The number of thiazole rings is 1. The second-order valence-electron chi connectivity index (χ2n) is 6.35. The van der Waals surface area contributed by atoms with Crippen molar-refractivity contribution in [3.63, 3.8) is 0 Å². The van der Waals surface area contributed by atoms with E-state index in [1.54, 1.807) is 11.3 Å². The molecule has 2 unspecified atom stereocenters. The van der Waals surface area contributed by atoms with Gasteiger partial charge in [-0.1, -0.05) is 12.1 Å². The molecule has 0 spiro atoms. The standard InChI is InChI=1S/C18H23N3OS/c1-12(19)16-7-4-8-21(10-16)18(22)15-6-3-5-14(9-15)17-11-23-13(2)20-17/h3,5-6,9,11-12,16H,4,7-8,10,19H2,1-2H3. The molecule has 2 aromatic rings. The van der Waals surface area contributed by atoms with Crippen molar-refractivity contribution in [2.24, 2.45) is 11.7 Å². The summed E-state index contributed by atoms with van der Waals surface area (Å²) in [6.07, 6.45) is 2.14. The van der Waals surface area contributed by atoms with E-state index in [4.69, 9.17) is 5.73 Å². The molecule has 2 N–H and O–H groups in total. The highest BCUT2D eigenvalue weighted by atomic mass is 32.1. The summed E-state index contributed by atoms with van der Waals surface area (Å²) >= 11 is 1.62. The summed E-state index contributed by atoms with van der Waals surface area (Å²) in [6.45, 7) is 5.60. The van der Waals surface area contributed by atoms with Crippen molar-refractivity contribution in [3.05, 3.63) is 40.2 Å². The summed E-state index contributed by atoms with van der Waals surface area (Å²) in [5.41, 5.74) is 8.70. The molecule has 5 heteroatoms. The Kier molecular flexibility index (Phi) is 4.78. The second kappa shape index (κ2) is 6.81. The fourth-order valence-corrected chi connectivity index (χ4v) is 3.74. The lowest BCUT2D eigenvalue weighted by atomic mass is 9.91. The number of rotatable bonds is 3. The highest BCUT2D eigenvalue weighted by molar-refractivity contribution is 7.09. The fraction of sp³-hybridized carbons (Fsp3) is 0.444. The smallest absolute Gasteiger partial charge is 0.253 e. The van der Waals surface area contributed by atoms with Gasteiger partial charge in [0, 0.05) is 35.6 Å². The topological polar surface area (TPSA) is 59.2 Å². The van der Waals surface area contributed by atoms with Gasteiger partial charge in [-0.25, -0.2) is 4.98 Å². The lowest BCUT2D eigenvalue weighted by Crippen LogP contribution is -2.45. The number of nitrogens with two attached hydrogens (primary N) is 1. The van der Waals surface area contributed by atoms with Crippen molar-refractivity contribution in [2.45, 2.75) is 32.7 Å². The van der Waals surface area contributed by atoms with Crippen molar-refractivity contribution >= 4 is 17.2 Å². The maximum Gasteiger partial charge on any atom is 0.253 e. The number of carbonyl (C=O) groups excluding carboxylic acids is 1. The van der Waals surface area contributed by atoms with Crippen LogP contribution in [0, 0.1) is 12.8 Å². The third-order valence-electron chi connectivity index (χ3n) is 4.51. The fourth-order valence-electron chi connectivity index (χ4n) is 3.11. The van der Waals surface area contributed by atoms with Crippen LogP contribution in [0.4, 0.5) is 0 Å². The molecule has 2 atom stereocenters. The predicted molar refractivity (Wildman–Crippen MR) is 94.6 cm³/mol. The quantitative estimate of drug-likeness (QED) is 0.940. The van der Waals surface area contributed by atoms with Gasteiger partial charge >= 0.3 is 0 Å². The zero-order chi connectivity index (χ0) is 16.4. The summed E-state index contributed by atoms with van der Waals surface area (Å²) in [7, 11) is 0. The Bertz CT molecular complexity index is 695. The largest absolute Gasteiger partial charge is 0.338 e. The Hall–Kier alpha value is -1.72. The molecular formula is C18H23N3OS. The van der Waals surface area contributed by atoms with E-state index in [0.717, 1.165) is 47.8 Å². The zero-order valence-corrected chi connectivity index (χ0v) is 14.5. The van der Waals surface area contributed by atoms with Crippen LogP contribution in [0.2, 0.25) is 0 Å². The number of likely N-dealkylation sites (tertiary alicyclic amines) is 1. The van der Waals surface area contributed by atoms with Gasteiger partial charge in [0.2, 0.25) is 0 Å². The first kappa shape index (κ1) is 16.1. The number of benzene rings is 1. The minimum Gasteiger partial charge on any atom is -0.338 e. The van der Waals surface area contributed by atoms with Gasteiger partial charge in [-0.15, -0.1) is 11.3 Å². The molecule has 1 fully saturated rings. The summed E-state index contributed by atoms with van der Waals surface area (Å²) in [4.78, 5) is 19.3. The molecule has 1 aromatic heterocycles. The minimum atomic E-state index is 0.101. The second-order valence-corrected chi connectivity index (χ2v) is 7.41. The van der Waals surface area contributed by atoms with E-state index in [-0.39, 0.29) is 11.9 Å². The Balaban J connectivity index is 1.80. The SMILES string of the molecule is Cc1nc(-c2cccc(C(=O)N3CCCC(C(C)N)C3)c2)cs1. The molecule has 3 rings (SSSR count). The van der Waals surface area contributed by atoms with E-state index in [1.807, 2.05) is 48.4 Å². The number of carbonyl (C=O) groups is 1. The number of nitrogens with zero attached hydrogens (tertiary/aromatic N) is 2. The summed E-state index contributed by atoms with van der Waals surface area (Å²) in [5.74, 6) is 0.501. The van der Waals surface area contributed by atoms with Crippen LogP contribution < -0.4 is 5.73 Å². The molecule has 122 valence electrons. The summed E-state index contributed by atoms with van der Waals surface area (Å²) < 4.78 is 0. The molecule has 23 heavy (non-hydrogen) atoms. The number of piperidine rings is 1. The van der Waals surface area contributed by atoms with E-state index in [0.29, 0.717) is 5.92 Å². The van der Waals surface area contributed by atoms with Crippen molar-refractivity contribution in [2.75, 3.05) is 13.1 Å². The van der Waals surface area contributed by atoms with Gasteiger partial charge in [-0.2, -0.15) is 0 Å². The highest BCUT2D eigenvalue weighted by Crippen LogP contribution is 2.24. The number of aromatic nitrogens is 1. The van der Waals surface area contributed by atoms with Crippen LogP contribution in [-0.4, -0.2) is 34.9 Å². The molecule has 1 amide bonds. The molecule has 0 saturated carbocycles. The third-order valence-corrected chi connectivity index (χ3v) is 5.29. The van der Waals surface area contributed by atoms with E-state index in [2.05, 4.69) is 4.98 Å². The Morgan fingerprint density at radius 2 is 2.30 bits per heavy atom. The highest BCUT2D eigenvalue weighted by Gasteiger charge is 2.26. The normalized spacial score (nSPS) is 19.6. The van der Waals surface area contributed by atoms with Gasteiger partial charge in [0.25, 0.3) is 5.91 Å². The first-order chi connectivity index (χ1) is 11.0. The Morgan fingerprint density at radius 1 is 1.48 bits per heavy atom. The molecular weight excluding hydrogens is 306 g/mol. The van der Waals surface area contributed by atoms with Gasteiger partial charge in [0.1, 0.15) is 0 Å². The van der Waals surface area contributed by atoms with Crippen LogP contribution in [-0.2, 0) is 0 Å². The van der Waals surface area contributed by atoms with Gasteiger partial charge in [-0.3, -0.25) is 4.79 Å². The maximum absolute atomic E-state index is 12.8. The van der Waals surface area contributed by atoms with Crippen molar-refractivity contribution in [3.8, 4) is 11.3 Å². The number of hydrogen-bond donors (Lipinski definition) is 1. The number of aryl methyl sites for hydroxylation is 1. The molecule has 0 radical (unpaired) electrons. The van der Waals surface area contributed by atoms with E-state index >= 15 is 0 Å². The number of amides is 1. The van der Waals surface area contributed by atoms with Crippen molar-refractivity contribution in [1.82, 2.24) is 9.88 Å². The predicted octanol–water partition coefficient (Wildman–Crippen LogP) is 3.32. The summed E-state index contributed by atoms with van der Waals surface area (Å²) in [6, 6.07) is 7.92. The van der Waals surface area contributed by atoms with E-state index in [9.17, 15) is 4.79 Å². The average molecular weight is 329 g/mol. The summed E-state index contributed by atoms with van der Waals surface area (Å²) in [5, 5.41) is 3.07. The zero-order valence-electron chi connectivity index (χ0n) is 13.7. The molecule has 0 bridgehead atoms. The molecule has 0 aliphatic carbocycles. The van der Waals surface area contributed by atoms with Crippen molar-refractivity contribution < 1.29 is 4.79 Å². The van der Waals surface area contributed by atoms with Crippen LogP contribution in [0.15, 0.2) is 29.6 Å². The van der Waals surface area contributed by atoms with Crippen LogP contribution in [0.3, 0.4) is 0 Å². The molecule has 2 heterocycles. The van der Waals surface area contributed by atoms with Gasteiger partial charge < -0.3 is 10.6 Å². The van der Waals surface area contributed by atoms with Crippen LogP contribution >= 0.6 is 11.3 Å². The number of hydrogen-bond acceptors (Lipinski definition) is 4. The van der Waals surface area contributed by atoms with Crippen LogP contribution in [0.5, 0.6) is 0 Å². The van der Waals surface area contributed by atoms with Crippen LogP contribution in [0.1, 0.15) is 35.1 Å². The average Bonchev–Trinajstić information content (AvgIpc) is 3.01. The lowest BCUT2D eigenvalue weighted by Gasteiger charge is -2.34. The first-order valence-electron chi connectivity index (χ1n) is 8.12. The third kappa shape index (κ3) is 3.62. The molecule has 4 nitrogen and oxygen atoms in total. The lowest BCUT2D eigenvalue weighted by molar-refractivity contribution is 0.0661. The van der Waals surface area contributed by atoms with Gasteiger partial charge in [-0.05, 0) is 44.7 Å². The molecule has 1 saturated heterocycles.